The van der Waals surface area contributed by atoms with E-state index in [9.17, 15) is 28.8 Å². The van der Waals surface area contributed by atoms with Crippen LogP contribution in [-0.2, 0) is 38.1 Å². The first-order valence-corrected chi connectivity index (χ1v) is 13.8. The lowest BCUT2D eigenvalue weighted by Gasteiger charge is -2.27. The molecule has 0 saturated carbocycles. The van der Waals surface area contributed by atoms with Crippen molar-refractivity contribution in [3.63, 3.8) is 0 Å². The zero-order valence-electron chi connectivity index (χ0n) is 24.1. The Morgan fingerprint density at radius 1 is 0.952 bits per heavy atom. The quantitative estimate of drug-likeness (QED) is 0.138. The Kier molecular flexibility index (Phi) is 11.9. The monoisotopic (exact) mass is 590 g/mol. The van der Waals surface area contributed by atoms with Crippen molar-refractivity contribution in [1.29, 1.82) is 0 Å². The third kappa shape index (κ3) is 9.60. The number of anilines is 1. The van der Waals surface area contributed by atoms with Gasteiger partial charge in [-0.15, -0.1) is 0 Å². The molecule has 0 radical (unpaired) electrons. The van der Waals surface area contributed by atoms with Gasteiger partial charge in [-0.3, -0.25) is 39.0 Å². The van der Waals surface area contributed by atoms with Gasteiger partial charge in [-0.2, -0.15) is 0 Å². The molecule has 0 aromatic heterocycles. The van der Waals surface area contributed by atoms with Crippen molar-refractivity contribution in [3.05, 3.63) is 29.3 Å². The first kappa shape index (κ1) is 32.6. The molecule has 2 aliphatic heterocycles. The van der Waals surface area contributed by atoms with Crippen LogP contribution in [-0.4, -0.2) is 105 Å². The Bertz CT molecular complexity index is 1180. The first-order valence-electron chi connectivity index (χ1n) is 13.8. The molecule has 42 heavy (non-hydrogen) atoms. The fourth-order valence-corrected chi connectivity index (χ4v) is 4.25. The van der Waals surface area contributed by atoms with Crippen LogP contribution in [0.5, 0.6) is 0 Å². The summed E-state index contributed by atoms with van der Waals surface area (Å²) in [5.41, 5.74) is -0.0227. The van der Waals surface area contributed by atoms with Crippen molar-refractivity contribution < 1.29 is 47.7 Å². The van der Waals surface area contributed by atoms with Gasteiger partial charge in [0.15, 0.2) is 0 Å². The second kappa shape index (κ2) is 15.4. The number of carbonyl (C=O) groups is 6. The van der Waals surface area contributed by atoms with Gasteiger partial charge in [-0.05, 0) is 39.3 Å². The number of nitrogens with zero attached hydrogens (tertiary/aromatic N) is 1. The minimum atomic E-state index is -1.07. The first-order chi connectivity index (χ1) is 20.0. The van der Waals surface area contributed by atoms with E-state index in [0.29, 0.717) is 26.4 Å². The SMILES string of the molecule is CC(C)(C)OC(=O)CCOCCOCCOCCNC(=O)CNc1cccc2c1C(=O)N(C1CCC(=O)NC1=O)C2=O. The predicted octanol–water partition coefficient (Wildman–Crippen LogP) is 0.398. The Morgan fingerprint density at radius 2 is 1.62 bits per heavy atom. The fourth-order valence-electron chi connectivity index (χ4n) is 4.25. The van der Waals surface area contributed by atoms with E-state index >= 15 is 0 Å². The van der Waals surface area contributed by atoms with Crippen molar-refractivity contribution in [1.82, 2.24) is 15.5 Å². The Hall–Kier alpha value is -3.88. The van der Waals surface area contributed by atoms with E-state index < -0.39 is 35.3 Å². The highest BCUT2D eigenvalue weighted by Crippen LogP contribution is 2.32. The van der Waals surface area contributed by atoms with Crippen LogP contribution >= 0.6 is 0 Å². The van der Waals surface area contributed by atoms with Gasteiger partial charge in [0.25, 0.3) is 11.8 Å². The lowest BCUT2D eigenvalue weighted by Crippen LogP contribution is -2.54. The second-order valence-corrected chi connectivity index (χ2v) is 10.6. The molecular formula is C28H38N4O10. The number of hydrogen-bond acceptors (Lipinski definition) is 11. The van der Waals surface area contributed by atoms with Gasteiger partial charge in [0.1, 0.15) is 11.6 Å². The van der Waals surface area contributed by atoms with Crippen molar-refractivity contribution >= 4 is 41.2 Å². The molecule has 3 rings (SSSR count). The number of nitrogens with one attached hydrogen (secondary N) is 3. The van der Waals surface area contributed by atoms with E-state index in [4.69, 9.17) is 18.9 Å². The lowest BCUT2D eigenvalue weighted by molar-refractivity contribution is -0.156. The average Bonchev–Trinajstić information content (AvgIpc) is 3.17. The Balaban J connectivity index is 1.27. The second-order valence-electron chi connectivity index (χ2n) is 10.6. The van der Waals surface area contributed by atoms with Crippen molar-refractivity contribution in [2.24, 2.45) is 0 Å². The number of esters is 1. The number of hydrogen-bond donors (Lipinski definition) is 3. The fraction of sp³-hybridized carbons (Fsp3) is 0.571. The number of imide groups is 2. The van der Waals surface area contributed by atoms with E-state index in [1.54, 1.807) is 32.9 Å². The summed E-state index contributed by atoms with van der Waals surface area (Å²) in [6, 6.07) is 3.55. The summed E-state index contributed by atoms with van der Waals surface area (Å²) >= 11 is 0. The van der Waals surface area contributed by atoms with Crippen LogP contribution in [0.2, 0.25) is 0 Å². The standard InChI is InChI=1S/C28H38N4O10/c1-28(2,3)42-23(35)9-11-39-13-15-41-16-14-40-12-10-29-22(34)17-30-19-6-4-5-18-24(19)27(38)32(26(18)37)20-7-8-21(33)31-25(20)36/h4-6,20,30H,7-17H2,1-3H3,(H,29,34)(H,31,33,36). The summed E-state index contributed by atoms with van der Waals surface area (Å²) in [6.07, 6.45) is 0.261. The van der Waals surface area contributed by atoms with E-state index in [1.165, 1.54) is 6.07 Å². The molecule has 1 unspecified atom stereocenters. The summed E-state index contributed by atoms with van der Waals surface area (Å²) in [4.78, 5) is 74.4. The van der Waals surface area contributed by atoms with Crippen molar-refractivity contribution in [2.75, 3.05) is 58.0 Å². The maximum absolute atomic E-state index is 13.1. The molecule has 1 fully saturated rings. The van der Waals surface area contributed by atoms with Crippen LogP contribution < -0.4 is 16.0 Å². The zero-order chi connectivity index (χ0) is 30.7. The van der Waals surface area contributed by atoms with Crippen molar-refractivity contribution in [3.8, 4) is 0 Å². The highest BCUT2D eigenvalue weighted by Gasteiger charge is 2.45. The largest absolute Gasteiger partial charge is 0.460 e. The number of carbonyl (C=O) groups excluding carboxylic acids is 6. The van der Waals surface area contributed by atoms with Crippen LogP contribution in [0.3, 0.4) is 0 Å². The molecular weight excluding hydrogens is 552 g/mol. The maximum atomic E-state index is 13.1. The molecule has 1 atom stereocenters. The third-order valence-corrected chi connectivity index (χ3v) is 6.09. The molecule has 14 heteroatoms. The van der Waals surface area contributed by atoms with Crippen molar-refractivity contribution in [2.45, 2.75) is 51.7 Å². The Morgan fingerprint density at radius 3 is 2.29 bits per heavy atom. The lowest BCUT2D eigenvalue weighted by atomic mass is 10.0. The van der Waals surface area contributed by atoms with Gasteiger partial charge >= 0.3 is 5.97 Å². The number of piperidine rings is 1. The van der Waals surface area contributed by atoms with Gasteiger partial charge in [-0.25, -0.2) is 0 Å². The maximum Gasteiger partial charge on any atom is 0.308 e. The molecule has 1 saturated heterocycles. The van der Waals surface area contributed by atoms with Gasteiger partial charge in [0.05, 0.1) is 63.7 Å². The molecule has 0 spiro atoms. The molecule has 3 N–H and O–H groups in total. The molecule has 0 aliphatic carbocycles. The minimum absolute atomic E-state index is 0.0273. The van der Waals surface area contributed by atoms with Crippen LogP contribution in [0.15, 0.2) is 18.2 Å². The highest BCUT2D eigenvalue weighted by atomic mass is 16.6. The summed E-state index contributed by atoms with van der Waals surface area (Å²) in [7, 11) is 0. The summed E-state index contributed by atoms with van der Waals surface area (Å²) in [5, 5.41) is 7.72. The topological polar surface area (TPSA) is 179 Å². The number of amides is 5. The molecule has 230 valence electrons. The predicted molar refractivity (Wildman–Crippen MR) is 148 cm³/mol. The minimum Gasteiger partial charge on any atom is -0.460 e. The number of ether oxygens (including phenoxy) is 4. The normalized spacial score (nSPS) is 16.7. The molecule has 0 bridgehead atoms. The van der Waals surface area contributed by atoms with Gasteiger partial charge in [0.2, 0.25) is 17.7 Å². The number of rotatable bonds is 16. The highest BCUT2D eigenvalue weighted by molar-refractivity contribution is 6.25. The third-order valence-electron chi connectivity index (χ3n) is 6.09. The molecule has 2 heterocycles. The van der Waals surface area contributed by atoms with Crippen LogP contribution in [0.25, 0.3) is 0 Å². The Labute approximate surface area is 243 Å². The van der Waals surface area contributed by atoms with Crippen LogP contribution in [0.4, 0.5) is 5.69 Å². The van der Waals surface area contributed by atoms with Gasteiger partial charge < -0.3 is 29.6 Å². The average molecular weight is 591 g/mol. The number of benzene rings is 1. The molecule has 14 nitrogen and oxygen atoms in total. The molecule has 1 aromatic rings. The van der Waals surface area contributed by atoms with Crippen LogP contribution in [0.1, 0.15) is 60.7 Å². The molecule has 2 aliphatic rings. The van der Waals surface area contributed by atoms with E-state index in [2.05, 4.69) is 16.0 Å². The van der Waals surface area contributed by atoms with Gasteiger partial charge in [0, 0.05) is 18.7 Å². The van der Waals surface area contributed by atoms with E-state index in [0.717, 1.165) is 4.90 Å². The van der Waals surface area contributed by atoms with E-state index in [1.807, 2.05) is 0 Å². The van der Waals surface area contributed by atoms with E-state index in [-0.39, 0.29) is 74.3 Å². The van der Waals surface area contributed by atoms with Gasteiger partial charge in [-0.1, -0.05) is 6.07 Å². The number of fused-ring (bicyclic) bond motifs is 1. The summed E-state index contributed by atoms with van der Waals surface area (Å²) < 4.78 is 21.3. The molecule has 5 amide bonds. The molecule has 1 aromatic carbocycles. The van der Waals surface area contributed by atoms with Crippen LogP contribution in [0, 0.1) is 0 Å². The smallest absolute Gasteiger partial charge is 0.308 e. The summed E-state index contributed by atoms with van der Waals surface area (Å²) in [6.45, 7) is 7.38. The zero-order valence-corrected chi connectivity index (χ0v) is 24.1. The summed E-state index contributed by atoms with van der Waals surface area (Å²) in [5.74, 6) is -3.08.